The molecule has 150 valence electrons. The third-order valence-electron chi connectivity index (χ3n) is 4.66. The molecule has 1 aliphatic heterocycles. The number of nitrogens with zero attached hydrogens (tertiary/aromatic N) is 3. The minimum Gasteiger partial charge on any atom is -0.380 e. The number of guanidine groups is 1. The fraction of sp³-hybridized carbons (Fsp3) is 0.400. The van der Waals surface area contributed by atoms with Gasteiger partial charge in [0.25, 0.3) is 0 Å². The summed E-state index contributed by atoms with van der Waals surface area (Å²) >= 11 is 6.25. The molecule has 1 fully saturated rings. The van der Waals surface area contributed by atoms with E-state index in [0.717, 1.165) is 30.9 Å². The first-order valence-corrected chi connectivity index (χ1v) is 9.57. The quantitative estimate of drug-likeness (QED) is 0.571. The standard InChI is InChI=1S/C20H25ClFN5O/c1-23-20(25-11-14-5-6-18(22)15(10-14)13-28-2)26-16-7-9-27(12-16)19-17(21)4-3-8-24-19/h3-6,8,10,16H,7,9,11-13H2,1-2H3,(H2,23,25,26). The molecule has 1 aromatic heterocycles. The van der Waals surface area contributed by atoms with E-state index in [4.69, 9.17) is 16.3 Å². The number of aromatic nitrogens is 1. The van der Waals surface area contributed by atoms with Gasteiger partial charge in [0, 0.05) is 51.6 Å². The zero-order valence-electron chi connectivity index (χ0n) is 16.1. The molecule has 0 spiro atoms. The maximum absolute atomic E-state index is 13.7. The van der Waals surface area contributed by atoms with Crippen molar-refractivity contribution in [3.05, 3.63) is 58.5 Å². The molecule has 0 bridgehead atoms. The van der Waals surface area contributed by atoms with Gasteiger partial charge in [-0.1, -0.05) is 17.7 Å². The lowest BCUT2D eigenvalue weighted by molar-refractivity contribution is 0.181. The largest absolute Gasteiger partial charge is 0.380 e. The Morgan fingerprint density at radius 3 is 3.04 bits per heavy atom. The number of rotatable bonds is 6. The second-order valence-electron chi connectivity index (χ2n) is 6.67. The van der Waals surface area contributed by atoms with Gasteiger partial charge in [-0.3, -0.25) is 4.99 Å². The van der Waals surface area contributed by atoms with Crippen LogP contribution in [-0.4, -0.2) is 44.2 Å². The number of halogens is 2. The van der Waals surface area contributed by atoms with Gasteiger partial charge in [-0.2, -0.15) is 0 Å². The molecule has 1 saturated heterocycles. The highest BCUT2D eigenvalue weighted by Gasteiger charge is 2.25. The van der Waals surface area contributed by atoms with Crippen LogP contribution in [0.3, 0.4) is 0 Å². The van der Waals surface area contributed by atoms with E-state index in [-0.39, 0.29) is 18.5 Å². The van der Waals surface area contributed by atoms with E-state index in [2.05, 4.69) is 25.5 Å². The number of nitrogens with one attached hydrogen (secondary N) is 2. The lowest BCUT2D eigenvalue weighted by Gasteiger charge is -2.20. The summed E-state index contributed by atoms with van der Waals surface area (Å²) in [5.41, 5.74) is 1.51. The number of ether oxygens (including phenoxy) is 1. The molecule has 28 heavy (non-hydrogen) atoms. The summed E-state index contributed by atoms with van der Waals surface area (Å²) in [6.07, 6.45) is 2.71. The van der Waals surface area contributed by atoms with E-state index < -0.39 is 0 Å². The maximum Gasteiger partial charge on any atom is 0.191 e. The Morgan fingerprint density at radius 1 is 1.43 bits per heavy atom. The lowest BCUT2D eigenvalue weighted by Crippen LogP contribution is -2.44. The van der Waals surface area contributed by atoms with Gasteiger partial charge in [-0.25, -0.2) is 9.37 Å². The normalized spacial score (nSPS) is 17.1. The number of methoxy groups -OCH3 is 1. The van der Waals surface area contributed by atoms with E-state index in [1.807, 2.05) is 12.1 Å². The van der Waals surface area contributed by atoms with Gasteiger partial charge in [0.15, 0.2) is 5.96 Å². The molecule has 2 heterocycles. The smallest absolute Gasteiger partial charge is 0.191 e. The van der Waals surface area contributed by atoms with Crippen LogP contribution in [0.2, 0.25) is 5.02 Å². The molecule has 2 N–H and O–H groups in total. The third kappa shape index (κ3) is 5.11. The summed E-state index contributed by atoms with van der Waals surface area (Å²) in [7, 11) is 3.29. The second kappa shape index (κ2) is 9.71. The minimum absolute atomic E-state index is 0.238. The van der Waals surface area contributed by atoms with E-state index in [1.165, 1.54) is 6.07 Å². The molecule has 0 aliphatic carbocycles. The van der Waals surface area contributed by atoms with E-state index in [0.29, 0.717) is 23.1 Å². The molecule has 1 unspecified atom stereocenters. The molecule has 8 heteroatoms. The monoisotopic (exact) mass is 405 g/mol. The molecule has 1 aromatic carbocycles. The van der Waals surface area contributed by atoms with Crippen LogP contribution in [0, 0.1) is 5.82 Å². The van der Waals surface area contributed by atoms with Crippen molar-refractivity contribution in [1.29, 1.82) is 0 Å². The zero-order valence-corrected chi connectivity index (χ0v) is 16.8. The summed E-state index contributed by atoms with van der Waals surface area (Å²) in [6.45, 7) is 2.47. The first-order valence-electron chi connectivity index (χ1n) is 9.19. The Morgan fingerprint density at radius 2 is 2.29 bits per heavy atom. The van der Waals surface area contributed by atoms with Gasteiger partial charge < -0.3 is 20.3 Å². The van der Waals surface area contributed by atoms with Crippen molar-refractivity contribution >= 4 is 23.4 Å². The van der Waals surface area contributed by atoms with Crippen LogP contribution in [0.4, 0.5) is 10.2 Å². The summed E-state index contributed by atoms with van der Waals surface area (Å²) < 4.78 is 18.8. The molecule has 3 rings (SSSR count). The highest BCUT2D eigenvalue weighted by atomic mass is 35.5. The van der Waals surface area contributed by atoms with Gasteiger partial charge in [-0.05, 0) is 36.2 Å². The zero-order chi connectivity index (χ0) is 19.9. The van der Waals surface area contributed by atoms with Crippen molar-refractivity contribution in [3.63, 3.8) is 0 Å². The molecular formula is C20H25ClFN5O. The predicted octanol–water partition coefficient (Wildman–Crippen LogP) is 2.96. The number of aliphatic imine (C=N–C) groups is 1. The third-order valence-corrected chi connectivity index (χ3v) is 4.96. The Balaban J connectivity index is 1.54. The highest BCUT2D eigenvalue weighted by molar-refractivity contribution is 6.32. The summed E-state index contributed by atoms with van der Waals surface area (Å²) in [5.74, 6) is 1.26. The Hall–Kier alpha value is -2.38. The van der Waals surface area contributed by atoms with Crippen LogP contribution < -0.4 is 15.5 Å². The van der Waals surface area contributed by atoms with Crippen LogP contribution in [0.15, 0.2) is 41.5 Å². The van der Waals surface area contributed by atoms with E-state index in [9.17, 15) is 4.39 Å². The number of pyridine rings is 1. The van der Waals surface area contributed by atoms with E-state index in [1.54, 1.807) is 32.5 Å². The van der Waals surface area contributed by atoms with Crippen molar-refractivity contribution in [2.45, 2.75) is 25.6 Å². The Bertz CT molecular complexity index is 832. The minimum atomic E-state index is -0.257. The van der Waals surface area contributed by atoms with Crippen LogP contribution >= 0.6 is 11.6 Å². The van der Waals surface area contributed by atoms with Crippen LogP contribution in [-0.2, 0) is 17.9 Å². The van der Waals surface area contributed by atoms with Crippen molar-refractivity contribution in [1.82, 2.24) is 15.6 Å². The fourth-order valence-electron chi connectivity index (χ4n) is 3.26. The fourth-order valence-corrected chi connectivity index (χ4v) is 3.50. The number of hydrogen-bond donors (Lipinski definition) is 2. The molecule has 0 amide bonds. The first-order chi connectivity index (χ1) is 13.6. The summed E-state index contributed by atoms with van der Waals surface area (Å²) in [5, 5.41) is 7.38. The Kier molecular flexibility index (Phi) is 7.06. The molecule has 0 radical (unpaired) electrons. The molecule has 2 aromatic rings. The van der Waals surface area contributed by atoms with Gasteiger partial charge in [0.2, 0.25) is 0 Å². The molecule has 1 aliphatic rings. The Labute approximate surface area is 169 Å². The first kappa shape index (κ1) is 20.4. The number of anilines is 1. The molecule has 1 atom stereocenters. The van der Waals surface area contributed by atoms with Crippen molar-refractivity contribution in [2.24, 2.45) is 4.99 Å². The van der Waals surface area contributed by atoms with Crippen LogP contribution in [0.1, 0.15) is 17.5 Å². The summed E-state index contributed by atoms with van der Waals surface area (Å²) in [6, 6.07) is 8.95. The van der Waals surface area contributed by atoms with E-state index >= 15 is 0 Å². The molecule has 0 saturated carbocycles. The lowest BCUT2D eigenvalue weighted by atomic mass is 10.1. The van der Waals surface area contributed by atoms with Crippen molar-refractivity contribution in [2.75, 3.05) is 32.1 Å². The topological polar surface area (TPSA) is 61.8 Å². The summed E-state index contributed by atoms with van der Waals surface area (Å²) in [4.78, 5) is 10.8. The number of hydrogen-bond acceptors (Lipinski definition) is 4. The van der Waals surface area contributed by atoms with Crippen molar-refractivity contribution < 1.29 is 9.13 Å². The number of benzene rings is 1. The van der Waals surface area contributed by atoms with Gasteiger partial charge in [-0.15, -0.1) is 0 Å². The average Bonchev–Trinajstić information content (AvgIpc) is 3.16. The SMILES string of the molecule is CN=C(NCc1ccc(F)c(COC)c1)NC1CCN(c2ncccc2Cl)C1. The van der Waals surface area contributed by atoms with Crippen molar-refractivity contribution in [3.8, 4) is 0 Å². The molecular weight excluding hydrogens is 381 g/mol. The van der Waals surface area contributed by atoms with Gasteiger partial charge in [0.1, 0.15) is 11.6 Å². The molecule has 6 nitrogen and oxygen atoms in total. The average molecular weight is 406 g/mol. The second-order valence-corrected chi connectivity index (χ2v) is 7.08. The maximum atomic E-state index is 13.7. The predicted molar refractivity (Wildman–Crippen MR) is 110 cm³/mol. The van der Waals surface area contributed by atoms with Gasteiger partial charge in [0.05, 0.1) is 11.6 Å². The van der Waals surface area contributed by atoms with Crippen LogP contribution in [0.25, 0.3) is 0 Å². The van der Waals surface area contributed by atoms with Crippen LogP contribution in [0.5, 0.6) is 0 Å². The highest BCUT2D eigenvalue weighted by Crippen LogP contribution is 2.25. The van der Waals surface area contributed by atoms with Gasteiger partial charge >= 0.3 is 0 Å².